The number of nitrogens with zero attached hydrogens (tertiary/aromatic N) is 2. The minimum atomic E-state index is -0.292. The van der Waals surface area contributed by atoms with Gasteiger partial charge in [0.25, 0.3) is 0 Å². The molecule has 0 aliphatic rings. The summed E-state index contributed by atoms with van der Waals surface area (Å²) in [6.45, 7) is 1.98. The standard InChI is InChI=1S/C17H16N4O2/c1-12(22)21-23-15-11-19-14-8-5-9-18-16(14)17(15)20-10-13-6-3-2-4-7-13/h2-9,11H,10H2,1H3,(H,19,20)(H,21,22). The first-order chi connectivity index (χ1) is 11.2. The second-order valence-corrected chi connectivity index (χ2v) is 4.97. The average Bonchev–Trinajstić information content (AvgIpc) is 2.59. The lowest BCUT2D eigenvalue weighted by atomic mass is 10.2. The Kier molecular flexibility index (Phi) is 4.33. The number of rotatable bonds is 5. The van der Waals surface area contributed by atoms with E-state index >= 15 is 0 Å². The first-order valence-corrected chi connectivity index (χ1v) is 7.19. The minimum absolute atomic E-state index is 0.292. The van der Waals surface area contributed by atoms with Crippen LogP contribution in [0.15, 0.2) is 54.9 Å². The highest BCUT2D eigenvalue weighted by molar-refractivity contribution is 5.90. The van der Waals surface area contributed by atoms with Crippen LogP contribution in [0.25, 0.3) is 11.0 Å². The number of amides is 1. The SMILES string of the molecule is CC(=O)NOc1cnc2cccnc2c1NCc1ccccc1. The van der Waals surface area contributed by atoms with E-state index in [1.165, 1.54) is 6.92 Å². The van der Waals surface area contributed by atoms with Crippen LogP contribution in [0, 0.1) is 0 Å². The number of carbonyl (C=O) groups excluding carboxylic acids is 1. The maximum absolute atomic E-state index is 11.1. The number of nitrogens with one attached hydrogen (secondary N) is 2. The zero-order chi connectivity index (χ0) is 16.1. The van der Waals surface area contributed by atoms with E-state index in [2.05, 4.69) is 20.8 Å². The number of pyridine rings is 2. The molecule has 0 saturated carbocycles. The third-order valence-corrected chi connectivity index (χ3v) is 3.21. The predicted octanol–water partition coefficient (Wildman–Crippen LogP) is 2.67. The average molecular weight is 308 g/mol. The second-order valence-electron chi connectivity index (χ2n) is 4.97. The van der Waals surface area contributed by atoms with Gasteiger partial charge in [-0.3, -0.25) is 14.8 Å². The van der Waals surface area contributed by atoms with Crippen LogP contribution in [0.4, 0.5) is 5.69 Å². The predicted molar refractivity (Wildman–Crippen MR) is 87.8 cm³/mol. The van der Waals surface area contributed by atoms with Crippen molar-refractivity contribution in [2.75, 3.05) is 5.32 Å². The third-order valence-electron chi connectivity index (χ3n) is 3.21. The molecule has 3 aromatic rings. The van der Waals surface area contributed by atoms with Crippen molar-refractivity contribution in [1.82, 2.24) is 15.4 Å². The fourth-order valence-corrected chi connectivity index (χ4v) is 2.16. The van der Waals surface area contributed by atoms with Gasteiger partial charge in [0.1, 0.15) is 11.2 Å². The van der Waals surface area contributed by atoms with Crippen molar-refractivity contribution in [3.8, 4) is 5.75 Å². The van der Waals surface area contributed by atoms with Gasteiger partial charge in [-0.2, -0.15) is 5.48 Å². The normalized spacial score (nSPS) is 10.3. The maximum atomic E-state index is 11.1. The van der Waals surface area contributed by atoms with E-state index in [0.717, 1.165) is 11.1 Å². The summed E-state index contributed by atoms with van der Waals surface area (Å²) >= 11 is 0. The van der Waals surface area contributed by atoms with Crippen LogP contribution < -0.4 is 15.6 Å². The van der Waals surface area contributed by atoms with Gasteiger partial charge in [0.05, 0.1) is 11.7 Å². The molecule has 6 nitrogen and oxygen atoms in total. The Morgan fingerprint density at radius 2 is 1.96 bits per heavy atom. The molecular formula is C17H16N4O2. The molecule has 3 rings (SSSR count). The number of hydrogen-bond donors (Lipinski definition) is 2. The Labute approximate surface area is 133 Å². The Bertz CT molecular complexity index is 821. The molecule has 2 N–H and O–H groups in total. The van der Waals surface area contributed by atoms with Crippen LogP contribution in [-0.4, -0.2) is 15.9 Å². The minimum Gasteiger partial charge on any atom is -0.376 e. The first-order valence-electron chi connectivity index (χ1n) is 7.19. The van der Waals surface area contributed by atoms with E-state index in [1.54, 1.807) is 12.4 Å². The molecule has 6 heteroatoms. The smallest absolute Gasteiger partial charge is 0.249 e. The number of carbonyl (C=O) groups is 1. The lowest BCUT2D eigenvalue weighted by Crippen LogP contribution is -2.24. The van der Waals surface area contributed by atoms with E-state index in [9.17, 15) is 4.79 Å². The van der Waals surface area contributed by atoms with Gasteiger partial charge in [-0.1, -0.05) is 30.3 Å². The van der Waals surface area contributed by atoms with Gasteiger partial charge in [-0.15, -0.1) is 0 Å². The first kappa shape index (κ1) is 14.8. The molecule has 23 heavy (non-hydrogen) atoms. The van der Waals surface area contributed by atoms with Crippen molar-refractivity contribution in [3.05, 3.63) is 60.4 Å². The van der Waals surface area contributed by atoms with E-state index in [1.807, 2.05) is 42.5 Å². The molecular weight excluding hydrogens is 292 g/mol. The van der Waals surface area contributed by atoms with Crippen LogP contribution >= 0.6 is 0 Å². The Balaban J connectivity index is 1.93. The number of anilines is 1. The highest BCUT2D eigenvalue weighted by Crippen LogP contribution is 2.30. The summed E-state index contributed by atoms with van der Waals surface area (Å²) in [4.78, 5) is 25.1. The molecule has 0 saturated heterocycles. The highest BCUT2D eigenvalue weighted by Gasteiger charge is 2.12. The summed E-state index contributed by atoms with van der Waals surface area (Å²) in [5, 5.41) is 3.32. The summed E-state index contributed by atoms with van der Waals surface area (Å²) in [6, 6.07) is 13.7. The molecule has 1 amide bonds. The molecule has 2 aromatic heterocycles. The van der Waals surface area contributed by atoms with Crippen LogP contribution in [-0.2, 0) is 11.3 Å². The highest BCUT2D eigenvalue weighted by atomic mass is 16.7. The lowest BCUT2D eigenvalue weighted by molar-refractivity contribution is -0.125. The number of hydroxylamine groups is 1. The molecule has 0 fully saturated rings. The van der Waals surface area contributed by atoms with Gasteiger partial charge in [-0.25, -0.2) is 0 Å². The van der Waals surface area contributed by atoms with Gasteiger partial charge < -0.3 is 10.2 Å². The summed E-state index contributed by atoms with van der Waals surface area (Å²) in [5.74, 6) is 0.127. The molecule has 0 unspecified atom stereocenters. The largest absolute Gasteiger partial charge is 0.376 e. The molecule has 0 aliphatic carbocycles. The Morgan fingerprint density at radius 1 is 1.13 bits per heavy atom. The van der Waals surface area contributed by atoms with E-state index < -0.39 is 0 Å². The van der Waals surface area contributed by atoms with Crippen molar-refractivity contribution >= 4 is 22.6 Å². The van der Waals surface area contributed by atoms with Gasteiger partial charge in [-0.05, 0) is 17.7 Å². The maximum Gasteiger partial charge on any atom is 0.249 e. The summed E-state index contributed by atoms with van der Waals surface area (Å²) < 4.78 is 0. The van der Waals surface area contributed by atoms with Gasteiger partial charge >= 0.3 is 0 Å². The van der Waals surface area contributed by atoms with Crippen LogP contribution in [0.3, 0.4) is 0 Å². The fourth-order valence-electron chi connectivity index (χ4n) is 2.16. The van der Waals surface area contributed by atoms with Crippen LogP contribution in [0.1, 0.15) is 12.5 Å². The van der Waals surface area contributed by atoms with E-state index in [4.69, 9.17) is 4.84 Å². The van der Waals surface area contributed by atoms with Gasteiger partial charge in [0.2, 0.25) is 5.91 Å². The van der Waals surface area contributed by atoms with Crippen molar-refractivity contribution in [1.29, 1.82) is 0 Å². The number of hydrogen-bond acceptors (Lipinski definition) is 5. The van der Waals surface area contributed by atoms with Crippen molar-refractivity contribution in [3.63, 3.8) is 0 Å². The molecule has 0 aliphatic heterocycles. The second kappa shape index (κ2) is 6.74. The van der Waals surface area contributed by atoms with Gasteiger partial charge in [0.15, 0.2) is 5.75 Å². The zero-order valence-electron chi connectivity index (χ0n) is 12.6. The molecule has 2 heterocycles. The van der Waals surface area contributed by atoms with Gasteiger partial charge in [0, 0.05) is 19.7 Å². The van der Waals surface area contributed by atoms with Crippen molar-refractivity contribution < 1.29 is 9.63 Å². The van der Waals surface area contributed by atoms with Crippen molar-refractivity contribution in [2.24, 2.45) is 0 Å². The lowest BCUT2D eigenvalue weighted by Gasteiger charge is -2.14. The quantitative estimate of drug-likeness (QED) is 0.709. The molecule has 1 aromatic carbocycles. The molecule has 0 radical (unpaired) electrons. The molecule has 0 spiro atoms. The summed E-state index contributed by atoms with van der Waals surface area (Å²) in [6.07, 6.45) is 3.26. The fraction of sp³-hybridized carbons (Fsp3) is 0.118. The molecule has 0 bridgehead atoms. The van der Waals surface area contributed by atoms with E-state index in [-0.39, 0.29) is 5.91 Å². The Hall–Kier alpha value is -3.15. The number of aromatic nitrogens is 2. The van der Waals surface area contributed by atoms with E-state index in [0.29, 0.717) is 23.5 Å². The number of benzene rings is 1. The summed E-state index contributed by atoms with van der Waals surface area (Å²) in [7, 11) is 0. The zero-order valence-corrected chi connectivity index (χ0v) is 12.6. The third kappa shape index (κ3) is 3.55. The Morgan fingerprint density at radius 3 is 2.74 bits per heavy atom. The van der Waals surface area contributed by atoms with Crippen molar-refractivity contribution in [2.45, 2.75) is 13.5 Å². The number of fused-ring (bicyclic) bond motifs is 1. The summed E-state index contributed by atoms with van der Waals surface area (Å²) in [5.41, 5.74) is 5.57. The molecule has 0 atom stereocenters. The monoisotopic (exact) mass is 308 g/mol. The topological polar surface area (TPSA) is 76.1 Å². The van der Waals surface area contributed by atoms with Crippen LogP contribution in [0.5, 0.6) is 5.75 Å². The molecule has 116 valence electrons. The van der Waals surface area contributed by atoms with Crippen LogP contribution in [0.2, 0.25) is 0 Å².